The van der Waals surface area contributed by atoms with Gasteiger partial charge in [-0.3, -0.25) is 24.6 Å². The molecule has 0 radical (unpaired) electrons. The molecule has 1 aliphatic carbocycles. The summed E-state index contributed by atoms with van der Waals surface area (Å²) in [6.07, 6.45) is 5.87. The fourth-order valence-corrected chi connectivity index (χ4v) is 5.41. The quantitative estimate of drug-likeness (QED) is 0.585. The second-order valence-corrected chi connectivity index (χ2v) is 9.19. The maximum Gasteiger partial charge on any atom is 0.261 e. The van der Waals surface area contributed by atoms with Gasteiger partial charge in [0.2, 0.25) is 0 Å². The number of fused-ring (bicyclic) bond motifs is 2. The Bertz CT molecular complexity index is 1210. The fourth-order valence-electron chi connectivity index (χ4n) is 4.48. The fraction of sp³-hybridized carbons (Fsp3) is 0.333. The predicted molar refractivity (Wildman–Crippen MR) is 121 cm³/mol. The van der Waals surface area contributed by atoms with E-state index in [0.717, 1.165) is 48.7 Å². The number of anilines is 1. The van der Waals surface area contributed by atoms with Crippen molar-refractivity contribution in [3.05, 3.63) is 58.7 Å². The number of nitrogens with zero attached hydrogens (tertiary/aromatic N) is 2. The normalized spacial score (nSPS) is 16.7. The number of hydrogen-bond donors (Lipinski definition) is 1. The van der Waals surface area contributed by atoms with Gasteiger partial charge in [0, 0.05) is 11.6 Å². The van der Waals surface area contributed by atoms with Gasteiger partial charge >= 0.3 is 0 Å². The zero-order valence-corrected chi connectivity index (χ0v) is 18.1. The van der Waals surface area contributed by atoms with Gasteiger partial charge in [0.05, 0.1) is 21.3 Å². The molecule has 3 aromatic rings. The van der Waals surface area contributed by atoms with Crippen molar-refractivity contribution in [1.82, 2.24) is 9.88 Å². The topological polar surface area (TPSA) is 79.4 Å². The Morgan fingerprint density at radius 1 is 1.06 bits per heavy atom. The van der Waals surface area contributed by atoms with E-state index in [0.29, 0.717) is 21.8 Å². The second kappa shape index (κ2) is 7.89. The molecular weight excluding hydrogens is 410 g/mol. The molecule has 5 rings (SSSR count). The van der Waals surface area contributed by atoms with Gasteiger partial charge in [-0.05, 0) is 55.2 Å². The first-order valence-corrected chi connectivity index (χ1v) is 11.6. The third-order valence-electron chi connectivity index (χ3n) is 6.20. The summed E-state index contributed by atoms with van der Waals surface area (Å²) in [7, 11) is 0. The van der Waals surface area contributed by atoms with Gasteiger partial charge in [0.1, 0.15) is 0 Å². The first-order valence-electron chi connectivity index (χ1n) is 10.8. The number of rotatable bonds is 4. The number of hydrogen-bond acceptors (Lipinski definition) is 5. The zero-order valence-electron chi connectivity index (χ0n) is 17.3. The highest BCUT2D eigenvalue weighted by Crippen LogP contribution is 2.32. The maximum atomic E-state index is 13.0. The van der Waals surface area contributed by atoms with E-state index in [1.165, 1.54) is 27.9 Å². The highest BCUT2D eigenvalue weighted by Gasteiger charge is 2.40. The van der Waals surface area contributed by atoms with Crippen molar-refractivity contribution in [1.29, 1.82) is 0 Å². The van der Waals surface area contributed by atoms with E-state index in [2.05, 4.69) is 23.3 Å². The van der Waals surface area contributed by atoms with Crippen LogP contribution in [-0.4, -0.2) is 33.6 Å². The number of benzene rings is 2. The van der Waals surface area contributed by atoms with Gasteiger partial charge in [-0.2, -0.15) is 0 Å². The summed E-state index contributed by atoms with van der Waals surface area (Å²) in [5.41, 5.74) is 3.12. The van der Waals surface area contributed by atoms with Crippen LogP contribution in [0.2, 0.25) is 0 Å². The number of aromatic nitrogens is 1. The molecule has 2 heterocycles. The van der Waals surface area contributed by atoms with Crippen LogP contribution in [0.5, 0.6) is 0 Å². The number of nitrogens with one attached hydrogen (secondary N) is 1. The molecule has 0 unspecified atom stereocenters. The highest BCUT2D eigenvalue weighted by atomic mass is 32.1. The highest BCUT2D eigenvalue weighted by molar-refractivity contribution is 7.22. The van der Waals surface area contributed by atoms with E-state index >= 15 is 0 Å². The van der Waals surface area contributed by atoms with Crippen LogP contribution < -0.4 is 5.32 Å². The van der Waals surface area contributed by atoms with Crippen molar-refractivity contribution >= 4 is 44.4 Å². The van der Waals surface area contributed by atoms with Gasteiger partial charge < -0.3 is 0 Å². The Morgan fingerprint density at radius 2 is 1.84 bits per heavy atom. The standard InChI is InChI=1S/C24H23N3O3S/c1-2-14-8-11-19-20(12-14)31-24(25-19)26-21(28)15-9-10-17-18(13-15)23(30)27(22(17)29)16-6-4-3-5-7-16/h8-13,16H,2-7H2,1H3,(H,25,26,28). The third kappa shape index (κ3) is 3.53. The largest absolute Gasteiger partial charge is 0.298 e. The average Bonchev–Trinajstić information content (AvgIpc) is 3.31. The first-order chi connectivity index (χ1) is 15.0. The van der Waals surface area contributed by atoms with Crippen molar-refractivity contribution in [2.24, 2.45) is 0 Å². The summed E-state index contributed by atoms with van der Waals surface area (Å²) < 4.78 is 1.02. The van der Waals surface area contributed by atoms with E-state index in [4.69, 9.17) is 0 Å². The van der Waals surface area contributed by atoms with E-state index in [1.54, 1.807) is 12.1 Å². The smallest absolute Gasteiger partial charge is 0.261 e. The van der Waals surface area contributed by atoms with Crippen molar-refractivity contribution in [3.63, 3.8) is 0 Å². The minimum Gasteiger partial charge on any atom is -0.298 e. The van der Waals surface area contributed by atoms with Gasteiger partial charge in [-0.15, -0.1) is 0 Å². The number of aryl methyl sites for hydroxylation is 1. The van der Waals surface area contributed by atoms with Gasteiger partial charge in [0.15, 0.2) is 5.13 Å². The molecule has 7 heteroatoms. The lowest BCUT2D eigenvalue weighted by molar-refractivity contribution is 0.0549. The minimum atomic E-state index is -0.339. The molecule has 6 nitrogen and oxygen atoms in total. The lowest BCUT2D eigenvalue weighted by Crippen LogP contribution is -2.40. The van der Waals surface area contributed by atoms with Gasteiger partial charge in [-0.1, -0.05) is 43.6 Å². The van der Waals surface area contributed by atoms with Crippen molar-refractivity contribution in [2.45, 2.75) is 51.5 Å². The molecule has 1 fully saturated rings. The SMILES string of the molecule is CCc1ccc2nc(NC(=O)c3ccc4c(c3)C(=O)N(C3CCCCC3)C4=O)sc2c1. The third-order valence-corrected chi connectivity index (χ3v) is 7.14. The van der Waals surface area contributed by atoms with Crippen LogP contribution in [0.3, 0.4) is 0 Å². The summed E-state index contributed by atoms with van der Waals surface area (Å²) in [4.78, 5) is 44.5. The average molecular weight is 434 g/mol. The molecule has 1 saturated carbocycles. The van der Waals surface area contributed by atoms with E-state index < -0.39 is 0 Å². The molecule has 2 aliphatic rings. The lowest BCUT2D eigenvalue weighted by atomic mass is 9.94. The van der Waals surface area contributed by atoms with Crippen molar-refractivity contribution in [3.8, 4) is 0 Å². The summed E-state index contributed by atoms with van der Waals surface area (Å²) in [5.74, 6) is -0.862. The molecule has 1 N–H and O–H groups in total. The van der Waals surface area contributed by atoms with E-state index in [9.17, 15) is 14.4 Å². The second-order valence-electron chi connectivity index (χ2n) is 8.16. The van der Waals surface area contributed by atoms with E-state index in [-0.39, 0.29) is 23.8 Å². The molecule has 2 aromatic carbocycles. The molecule has 0 spiro atoms. The zero-order chi connectivity index (χ0) is 21.5. The summed E-state index contributed by atoms with van der Waals surface area (Å²) in [6, 6.07) is 10.8. The Hall–Kier alpha value is -3.06. The number of thiazole rings is 1. The number of carbonyl (C=O) groups is 3. The number of amides is 3. The minimum absolute atomic E-state index is 0.0332. The van der Waals surface area contributed by atoms with Gasteiger partial charge in [0.25, 0.3) is 17.7 Å². The first kappa shape index (κ1) is 19.9. The van der Waals surface area contributed by atoms with Crippen LogP contribution in [-0.2, 0) is 6.42 Å². The summed E-state index contributed by atoms with van der Waals surface area (Å²) in [6.45, 7) is 2.10. The number of imide groups is 1. The molecule has 1 aromatic heterocycles. The molecule has 3 amide bonds. The van der Waals surface area contributed by atoms with Crippen molar-refractivity contribution < 1.29 is 14.4 Å². The lowest BCUT2D eigenvalue weighted by Gasteiger charge is -2.29. The summed E-state index contributed by atoms with van der Waals surface area (Å²) >= 11 is 1.42. The number of carbonyl (C=O) groups excluding carboxylic acids is 3. The summed E-state index contributed by atoms with van der Waals surface area (Å²) in [5, 5.41) is 3.35. The Morgan fingerprint density at radius 3 is 2.61 bits per heavy atom. The van der Waals surface area contributed by atoms with Crippen LogP contribution >= 0.6 is 11.3 Å². The Kier molecular flexibility index (Phi) is 5.06. The Labute approximate surface area is 184 Å². The molecule has 0 bridgehead atoms. The Balaban J connectivity index is 1.38. The van der Waals surface area contributed by atoms with Gasteiger partial charge in [-0.25, -0.2) is 4.98 Å². The monoisotopic (exact) mass is 433 g/mol. The molecular formula is C24H23N3O3S. The molecule has 158 valence electrons. The van der Waals surface area contributed by atoms with Crippen LogP contribution in [0.25, 0.3) is 10.2 Å². The maximum absolute atomic E-state index is 13.0. The predicted octanol–water partition coefficient (Wildman–Crippen LogP) is 5.04. The molecule has 0 saturated heterocycles. The van der Waals surface area contributed by atoms with Crippen LogP contribution in [0.1, 0.15) is 75.7 Å². The molecule has 31 heavy (non-hydrogen) atoms. The van der Waals surface area contributed by atoms with E-state index in [1.807, 2.05) is 12.1 Å². The van der Waals surface area contributed by atoms with Crippen LogP contribution in [0.4, 0.5) is 5.13 Å². The molecule has 1 aliphatic heterocycles. The van der Waals surface area contributed by atoms with Crippen LogP contribution in [0.15, 0.2) is 36.4 Å². The molecule has 0 atom stereocenters. The van der Waals surface area contributed by atoms with Crippen molar-refractivity contribution in [2.75, 3.05) is 5.32 Å². The van der Waals surface area contributed by atoms with Crippen LogP contribution in [0, 0.1) is 0 Å².